The lowest BCUT2D eigenvalue weighted by molar-refractivity contribution is 0.102. The van der Waals surface area contributed by atoms with Crippen LogP contribution >= 0.6 is 24.8 Å². The smallest absolute Gasteiger partial charge is 0.277 e. The van der Waals surface area contributed by atoms with Crippen molar-refractivity contribution in [3.05, 3.63) is 41.7 Å². The van der Waals surface area contributed by atoms with Gasteiger partial charge in [0.1, 0.15) is 0 Å². The first-order chi connectivity index (χ1) is 13.8. The summed E-state index contributed by atoms with van der Waals surface area (Å²) >= 11 is 0. The van der Waals surface area contributed by atoms with Crippen LogP contribution in [0.3, 0.4) is 0 Å². The number of nitrogens with one attached hydrogen (secondary N) is 2. The minimum Gasteiger partial charge on any atom is -0.321 e. The van der Waals surface area contributed by atoms with E-state index in [4.69, 9.17) is 0 Å². The molecule has 1 amide bonds. The van der Waals surface area contributed by atoms with Gasteiger partial charge >= 0.3 is 0 Å². The molecule has 2 aliphatic heterocycles. The summed E-state index contributed by atoms with van der Waals surface area (Å²) in [6.07, 6.45) is 9.09. The summed E-state index contributed by atoms with van der Waals surface area (Å²) in [7, 11) is 0. The van der Waals surface area contributed by atoms with Gasteiger partial charge in [0, 0.05) is 12.2 Å². The van der Waals surface area contributed by atoms with Crippen molar-refractivity contribution in [2.75, 3.05) is 31.5 Å². The van der Waals surface area contributed by atoms with Crippen LogP contribution in [-0.4, -0.2) is 52.0 Å². The van der Waals surface area contributed by atoms with Gasteiger partial charge in [-0.05, 0) is 69.6 Å². The molecule has 7 nitrogen and oxygen atoms in total. The topological polar surface area (TPSA) is 75.1 Å². The highest BCUT2D eigenvalue weighted by Crippen LogP contribution is 2.18. The lowest BCUT2D eigenvalue weighted by Crippen LogP contribution is -2.29. The molecule has 1 aromatic carbocycles. The summed E-state index contributed by atoms with van der Waals surface area (Å²) < 4.78 is 1.83. The van der Waals surface area contributed by atoms with Crippen molar-refractivity contribution in [1.82, 2.24) is 25.2 Å². The van der Waals surface area contributed by atoms with Gasteiger partial charge in [0.15, 0.2) is 5.69 Å². The quantitative estimate of drug-likeness (QED) is 0.720. The molecule has 1 aromatic heterocycles. The summed E-state index contributed by atoms with van der Waals surface area (Å²) in [5, 5.41) is 14.5. The molecule has 2 aliphatic rings. The van der Waals surface area contributed by atoms with E-state index in [1.165, 1.54) is 44.3 Å². The molecule has 3 heterocycles. The van der Waals surface area contributed by atoms with E-state index in [9.17, 15) is 4.79 Å². The maximum absolute atomic E-state index is 12.5. The average molecular weight is 455 g/mol. The van der Waals surface area contributed by atoms with Crippen LogP contribution in [0.2, 0.25) is 0 Å². The minimum atomic E-state index is -0.208. The second-order valence-electron chi connectivity index (χ2n) is 7.91. The van der Waals surface area contributed by atoms with E-state index in [1.807, 2.05) is 16.8 Å². The van der Waals surface area contributed by atoms with Gasteiger partial charge in [-0.1, -0.05) is 30.2 Å². The Morgan fingerprint density at radius 1 is 1.03 bits per heavy atom. The highest BCUT2D eigenvalue weighted by atomic mass is 35.5. The molecule has 0 radical (unpaired) electrons. The zero-order chi connectivity index (χ0) is 19.2. The van der Waals surface area contributed by atoms with Crippen LogP contribution in [0.1, 0.15) is 60.6 Å². The van der Waals surface area contributed by atoms with Gasteiger partial charge in [0.2, 0.25) is 0 Å². The molecule has 0 bridgehead atoms. The third-order valence-corrected chi connectivity index (χ3v) is 5.74. The van der Waals surface area contributed by atoms with E-state index >= 15 is 0 Å². The zero-order valence-corrected chi connectivity index (χ0v) is 18.9. The molecule has 0 aliphatic carbocycles. The van der Waals surface area contributed by atoms with E-state index in [1.54, 1.807) is 6.20 Å². The summed E-state index contributed by atoms with van der Waals surface area (Å²) in [5.74, 6) is -0.208. The lowest BCUT2D eigenvalue weighted by Gasteiger charge is -2.22. The van der Waals surface area contributed by atoms with Crippen molar-refractivity contribution in [2.24, 2.45) is 0 Å². The third-order valence-electron chi connectivity index (χ3n) is 5.74. The van der Waals surface area contributed by atoms with Crippen molar-refractivity contribution >= 4 is 36.4 Å². The average Bonchev–Trinajstić information content (AvgIpc) is 3.09. The first-order valence-corrected chi connectivity index (χ1v) is 10.5. The summed E-state index contributed by atoms with van der Waals surface area (Å²) in [6.45, 7) is 5.32. The molecule has 2 saturated heterocycles. The normalized spacial score (nSPS) is 18.0. The number of benzene rings is 1. The Kier molecular flexibility index (Phi) is 10.0. The fourth-order valence-electron chi connectivity index (χ4n) is 4.07. The first-order valence-electron chi connectivity index (χ1n) is 10.5. The van der Waals surface area contributed by atoms with E-state index in [2.05, 4.69) is 38.0 Å². The van der Waals surface area contributed by atoms with Crippen molar-refractivity contribution in [3.63, 3.8) is 0 Å². The van der Waals surface area contributed by atoms with Gasteiger partial charge in [-0.15, -0.1) is 29.9 Å². The van der Waals surface area contributed by atoms with Crippen LogP contribution in [0, 0.1) is 0 Å². The van der Waals surface area contributed by atoms with Gasteiger partial charge in [-0.25, -0.2) is 4.68 Å². The first kappa shape index (κ1) is 24.6. The van der Waals surface area contributed by atoms with Gasteiger partial charge in [-0.3, -0.25) is 9.69 Å². The number of likely N-dealkylation sites (tertiary alicyclic amines) is 1. The van der Waals surface area contributed by atoms with Crippen molar-refractivity contribution in [2.45, 2.75) is 51.1 Å². The van der Waals surface area contributed by atoms with Crippen molar-refractivity contribution in [3.8, 4) is 0 Å². The number of amides is 1. The number of hydrogen-bond acceptors (Lipinski definition) is 5. The highest BCUT2D eigenvalue weighted by molar-refractivity contribution is 6.02. The van der Waals surface area contributed by atoms with Gasteiger partial charge in [0.25, 0.3) is 5.91 Å². The number of nitrogens with zero attached hydrogens (tertiary/aromatic N) is 4. The number of carbonyl (C=O) groups is 1. The molecule has 2 aromatic rings. The number of rotatable bonds is 5. The molecule has 0 saturated carbocycles. The van der Waals surface area contributed by atoms with Crippen LogP contribution in [0.25, 0.3) is 0 Å². The zero-order valence-electron chi connectivity index (χ0n) is 17.3. The van der Waals surface area contributed by atoms with Gasteiger partial charge in [0.05, 0.1) is 12.2 Å². The highest BCUT2D eigenvalue weighted by Gasteiger charge is 2.19. The van der Waals surface area contributed by atoms with Crippen molar-refractivity contribution in [1.29, 1.82) is 0 Å². The second kappa shape index (κ2) is 12.2. The molecule has 2 N–H and O–H groups in total. The SMILES string of the molecule is Cl.Cl.O=C(Nc1ccc(CN2CCCCCC2)cc1)c1cn(C2CCNCC2)nn1. The van der Waals surface area contributed by atoms with Crippen molar-refractivity contribution < 1.29 is 4.79 Å². The standard InChI is InChI=1S/C21H30N6O.2ClH/c28-21(20-16-27(25-24-20)19-9-11-22-12-10-19)23-18-7-5-17(6-8-18)15-26-13-3-1-2-4-14-26;;/h5-8,16,19,22H,1-4,9-15H2,(H,23,28);2*1H. The Balaban J connectivity index is 0.00000160. The number of piperidine rings is 1. The van der Waals surface area contributed by atoms with Crippen LogP contribution in [0.4, 0.5) is 5.69 Å². The minimum absolute atomic E-state index is 0. The molecule has 30 heavy (non-hydrogen) atoms. The third kappa shape index (κ3) is 6.67. The monoisotopic (exact) mass is 454 g/mol. The molecule has 9 heteroatoms. The molecule has 2 fully saturated rings. The maximum atomic E-state index is 12.5. The van der Waals surface area contributed by atoms with Gasteiger partial charge in [-0.2, -0.15) is 0 Å². The molecule has 4 rings (SSSR count). The fourth-order valence-corrected chi connectivity index (χ4v) is 4.07. The molecule has 0 spiro atoms. The van der Waals surface area contributed by atoms with E-state index in [0.29, 0.717) is 11.7 Å². The molecular formula is C21H32Cl2N6O. The fraction of sp³-hybridized carbons (Fsp3) is 0.571. The summed E-state index contributed by atoms with van der Waals surface area (Å²) in [5.41, 5.74) is 2.45. The number of aromatic nitrogens is 3. The summed E-state index contributed by atoms with van der Waals surface area (Å²) in [6, 6.07) is 8.48. The number of carbonyl (C=O) groups excluding carboxylic acids is 1. The molecule has 166 valence electrons. The Morgan fingerprint density at radius 3 is 2.37 bits per heavy atom. The van der Waals surface area contributed by atoms with Gasteiger partial charge < -0.3 is 10.6 Å². The van der Waals surface area contributed by atoms with Crippen LogP contribution < -0.4 is 10.6 Å². The predicted octanol–water partition coefficient (Wildman–Crippen LogP) is 3.67. The molecule has 0 unspecified atom stereocenters. The van der Waals surface area contributed by atoms with E-state index < -0.39 is 0 Å². The Morgan fingerprint density at radius 2 is 1.70 bits per heavy atom. The van der Waals surface area contributed by atoms with E-state index in [-0.39, 0.29) is 30.7 Å². The van der Waals surface area contributed by atoms with Crippen LogP contribution in [0.15, 0.2) is 30.5 Å². The molecule has 0 atom stereocenters. The largest absolute Gasteiger partial charge is 0.321 e. The second-order valence-corrected chi connectivity index (χ2v) is 7.91. The number of anilines is 1. The van der Waals surface area contributed by atoms with E-state index in [0.717, 1.165) is 38.2 Å². The summed E-state index contributed by atoms with van der Waals surface area (Å²) in [4.78, 5) is 15.0. The maximum Gasteiger partial charge on any atom is 0.277 e. The Bertz CT molecular complexity index is 768. The Hall–Kier alpha value is -1.67. The number of halogens is 2. The van der Waals surface area contributed by atoms with Crippen LogP contribution in [0.5, 0.6) is 0 Å². The number of hydrogen-bond donors (Lipinski definition) is 2. The predicted molar refractivity (Wildman–Crippen MR) is 124 cm³/mol. The Labute approximate surface area is 190 Å². The lowest BCUT2D eigenvalue weighted by atomic mass is 10.1. The van der Waals surface area contributed by atoms with Crippen LogP contribution in [-0.2, 0) is 6.54 Å². The molecular weight excluding hydrogens is 423 g/mol.